The van der Waals surface area contributed by atoms with E-state index in [4.69, 9.17) is 0 Å². The molecule has 32 heteroatoms. The van der Waals surface area contributed by atoms with E-state index in [2.05, 4.69) is 0 Å². The fraction of sp³-hybridized carbons (Fsp3) is 0. The van der Waals surface area contributed by atoms with Crippen LogP contribution in [0.2, 0.25) is 0 Å². The highest BCUT2D eigenvalue weighted by molar-refractivity contribution is 7.92. The summed E-state index contributed by atoms with van der Waals surface area (Å²) < 4.78 is 277. The van der Waals surface area contributed by atoms with E-state index >= 15 is 0 Å². The van der Waals surface area contributed by atoms with Crippen LogP contribution in [0.1, 0.15) is 0 Å². The van der Waals surface area contributed by atoms with E-state index in [-0.39, 0.29) is 17.5 Å². The number of hydrogen-bond acceptors (Lipinski definition) is 16. The molecule has 0 aromatic heterocycles. The molecule has 24 nitrogen and oxygen atoms in total. The Labute approximate surface area is 303 Å². The summed E-state index contributed by atoms with van der Waals surface area (Å²) in [5, 5.41) is -0.935. The summed E-state index contributed by atoms with van der Waals surface area (Å²) in [5.74, 6) is 0. The zero-order chi connectivity index (χ0) is 41.7. The lowest BCUT2D eigenvalue weighted by atomic mass is 9.94. The van der Waals surface area contributed by atoms with Crippen LogP contribution in [-0.4, -0.2) is 104 Å². The maximum atomic E-state index is 12.7. The van der Waals surface area contributed by atoms with Crippen molar-refractivity contribution < 1.29 is 104 Å². The lowest BCUT2D eigenvalue weighted by molar-refractivity contribution is 0.447. The van der Waals surface area contributed by atoms with Crippen LogP contribution in [0, 0.1) is 0 Å². The van der Waals surface area contributed by atoms with Crippen LogP contribution in [-0.2, 0) is 80.9 Å². The maximum Gasteiger partial charge on any atom is 0.297 e. The molecule has 54 heavy (non-hydrogen) atoms. The smallest absolute Gasteiger partial charge is 0.282 e. The molecule has 296 valence electrons. The van der Waals surface area contributed by atoms with Gasteiger partial charge in [0.15, 0.2) is 0 Å². The molecule has 0 heterocycles. The highest BCUT2D eigenvalue weighted by atomic mass is 32.3. The Bertz CT molecular complexity index is 3270. The molecule has 4 rings (SSSR count). The van der Waals surface area contributed by atoms with E-state index < -0.39 is 148 Å². The van der Waals surface area contributed by atoms with Gasteiger partial charge in [-0.1, -0.05) is 30.3 Å². The molecule has 4 aromatic carbocycles. The molecule has 4 aromatic rings. The maximum absolute atomic E-state index is 12.7. The first-order valence-corrected chi connectivity index (χ1v) is 24.2. The second kappa shape index (κ2) is 13.0. The lowest BCUT2D eigenvalue weighted by Gasteiger charge is -2.19. The van der Waals surface area contributed by atoms with Crippen LogP contribution in [0.3, 0.4) is 0 Å². The van der Waals surface area contributed by atoms with Crippen molar-refractivity contribution in [1.29, 1.82) is 0 Å². The first-order valence-electron chi connectivity index (χ1n) is 12.6. The van der Waals surface area contributed by atoms with Gasteiger partial charge in [0, 0.05) is 11.1 Å². The Kier molecular flexibility index (Phi) is 10.4. The fourth-order valence-electron chi connectivity index (χ4n) is 5.14. The van der Waals surface area contributed by atoms with E-state index in [1.807, 2.05) is 0 Å². The Morgan fingerprint density at radius 2 is 0.667 bits per heavy atom. The van der Waals surface area contributed by atoms with Crippen molar-refractivity contribution in [1.82, 2.24) is 0 Å². The minimum absolute atomic E-state index is 0.144. The van der Waals surface area contributed by atoms with Crippen molar-refractivity contribution in [3.63, 3.8) is 0 Å². The summed E-state index contributed by atoms with van der Waals surface area (Å²) in [6, 6.07) is 4.53. The Hall–Kier alpha value is -3.58. The first-order chi connectivity index (χ1) is 23.9. The van der Waals surface area contributed by atoms with Crippen molar-refractivity contribution in [2.45, 2.75) is 39.2 Å². The van der Waals surface area contributed by atoms with Gasteiger partial charge in [-0.3, -0.25) is 36.4 Å². The summed E-state index contributed by atoms with van der Waals surface area (Å²) in [6.45, 7) is 0. The van der Waals surface area contributed by atoms with Gasteiger partial charge in [-0.05, 0) is 40.1 Å². The van der Waals surface area contributed by atoms with Gasteiger partial charge in [0.25, 0.3) is 80.9 Å². The molecule has 0 aliphatic heterocycles. The monoisotopic (exact) mass is 920 g/mol. The molecule has 0 saturated heterocycles. The molecule has 8 N–H and O–H groups in total. The van der Waals surface area contributed by atoms with Gasteiger partial charge in [0.1, 0.15) is 39.2 Å². The Morgan fingerprint density at radius 3 is 1.02 bits per heavy atom. The number of hydrogen-bond donors (Lipinski definition) is 8. The molecule has 0 bridgehead atoms. The van der Waals surface area contributed by atoms with Gasteiger partial charge in [0.05, 0.1) is 0 Å². The number of rotatable bonds is 10. The van der Waals surface area contributed by atoms with E-state index in [1.165, 1.54) is 0 Å². The molecule has 0 unspecified atom stereocenters. The van der Waals surface area contributed by atoms with Gasteiger partial charge in [-0.15, -0.1) is 0 Å². The van der Waals surface area contributed by atoms with Crippen molar-refractivity contribution in [2.75, 3.05) is 0 Å². The quantitative estimate of drug-likeness (QED) is 0.0981. The van der Waals surface area contributed by atoms with E-state index in [1.54, 1.807) is 0 Å². The average Bonchev–Trinajstić information content (AvgIpc) is 2.94. The van der Waals surface area contributed by atoms with Crippen molar-refractivity contribution in [2.24, 2.45) is 0 Å². The Balaban J connectivity index is 2.44. The minimum Gasteiger partial charge on any atom is -0.282 e. The molecule has 0 aliphatic rings. The van der Waals surface area contributed by atoms with Gasteiger partial charge < -0.3 is 0 Å². The van der Waals surface area contributed by atoms with Gasteiger partial charge in [-0.25, -0.2) is 0 Å². The van der Waals surface area contributed by atoms with Crippen LogP contribution in [0.5, 0.6) is 0 Å². The predicted molar refractivity (Wildman–Crippen MR) is 173 cm³/mol. The number of benzene rings is 4. The molecule has 0 spiro atoms. The summed E-state index contributed by atoms with van der Waals surface area (Å²) >= 11 is 0. The summed E-state index contributed by atoms with van der Waals surface area (Å²) in [5.41, 5.74) is -4.77. The van der Waals surface area contributed by atoms with Crippen LogP contribution in [0.25, 0.3) is 33.0 Å². The zero-order valence-corrected chi connectivity index (χ0v) is 31.5. The Morgan fingerprint density at radius 1 is 0.315 bits per heavy atom. The van der Waals surface area contributed by atoms with Crippen molar-refractivity contribution in [3.8, 4) is 22.3 Å². The van der Waals surface area contributed by atoms with E-state index in [9.17, 15) is 104 Å². The molecule has 0 radical (unpaired) electrons. The third kappa shape index (κ3) is 8.17. The molecular weight excluding hydrogens is 905 g/mol. The molecule has 0 atom stereocenters. The summed E-state index contributed by atoms with van der Waals surface area (Å²) in [6.07, 6.45) is 0. The third-order valence-corrected chi connectivity index (χ3v) is 15.0. The SMILES string of the molecule is O=S(=O)(O)c1cc(-c2ccc3cccc(-c4cc(S(=O)(=O)O)c(S(=O)(=O)O)c(S(=O)(=O)O)c4S(=O)(=O)O)c3c2)c(S(=O)(=O)O)c(S(=O)(=O)O)c1S(=O)(=O)O. The lowest BCUT2D eigenvalue weighted by Crippen LogP contribution is -2.19. The summed E-state index contributed by atoms with van der Waals surface area (Å²) in [7, 11) is -50.0. The standard InChI is InChI=1S/C22H16O24S8/c23-47(24,25)15-7-13(17(49(29,30)31)21(53(41,42)43)19(15)51(35,36)37)10-5-4-9-2-1-3-11(12(9)6-10)14-8-16(48(26,27)28)20(52(38,39)40)22(54(44,45)46)18(14)50(32,33)34/h1-8H,(H,23,24,25)(H,26,27,28)(H,29,30,31)(H,32,33,34)(H,35,36,37)(H,38,39,40)(H,41,42,43)(H,44,45,46). The highest BCUT2D eigenvalue weighted by Gasteiger charge is 2.42. The summed E-state index contributed by atoms with van der Waals surface area (Å²) in [4.78, 5) is -18.7. The van der Waals surface area contributed by atoms with Crippen LogP contribution >= 0.6 is 0 Å². The largest absolute Gasteiger partial charge is 0.297 e. The van der Waals surface area contributed by atoms with Gasteiger partial charge in [-0.2, -0.15) is 67.3 Å². The average molecular weight is 921 g/mol. The topological polar surface area (TPSA) is 435 Å². The second-order valence-electron chi connectivity index (χ2n) is 10.4. The van der Waals surface area contributed by atoms with Crippen molar-refractivity contribution in [3.05, 3.63) is 48.5 Å². The minimum atomic E-state index is -6.40. The highest BCUT2D eigenvalue weighted by Crippen LogP contribution is 2.45. The predicted octanol–water partition coefficient (Wildman–Crippen LogP) is 0.147. The number of fused-ring (bicyclic) bond motifs is 1. The van der Waals surface area contributed by atoms with E-state index in [0.29, 0.717) is 18.2 Å². The van der Waals surface area contributed by atoms with Crippen molar-refractivity contribution >= 4 is 91.7 Å². The second-order valence-corrected chi connectivity index (χ2v) is 21.3. The van der Waals surface area contributed by atoms with Gasteiger partial charge >= 0.3 is 0 Å². The molecule has 0 amide bonds. The van der Waals surface area contributed by atoms with Gasteiger partial charge in [0.2, 0.25) is 0 Å². The van der Waals surface area contributed by atoms with Crippen LogP contribution in [0.15, 0.2) is 87.7 Å². The third-order valence-electron chi connectivity index (χ3n) is 6.90. The molecular formula is C22H16O24S8. The zero-order valence-electron chi connectivity index (χ0n) is 25.0. The first kappa shape index (κ1) is 43.2. The molecule has 0 fully saturated rings. The normalized spacial score (nSPS) is 14.0. The molecule has 0 aliphatic carbocycles. The van der Waals surface area contributed by atoms with Crippen LogP contribution in [0.4, 0.5) is 0 Å². The van der Waals surface area contributed by atoms with Crippen LogP contribution < -0.4 is 0 Å². The van der Waals surface area contributed by atoms with E-state index in [0.717, 1.165) is 18.2 Å². The fourth-order valence-corrected chi connectivity index (χ4v) is 14.6. The molecule has 0 saturated carbocycles.